The number of hydrogen-bond acceptors (Lipinski definition) is 2. The summed E-state index contributed by atoms with van der Waals surface area (Å²) in [5.74, 6) is 0. The summed E-state index contributed by atoms with van der Waals surface area (Å²) >= 11 is -0.590. The molecular weight excluding hydrogens is 388 g/mol. The van der Waals surface area contributed by atoms with Crippen molar-refractivity contribution in [3.63, 3.8) is 0 Å². The molecule has 2 rings (SSSR count). The third-order valence-electron chi connectivity index (χ3n) is 3.22. The number of aliphatic hydroxyl groups excluding tert-OH is 1. The second kappa shape index (κ2) is 9.69. The van der Waals surface area contributed by atoms with E-state index in [4.69, 9.17) is 4.74 Å². The van der Waals surface area contributed by atoms with E-state index in [-0.39, 0.29) is 0 Å². The summed E-state index contributed by atoms with van der Waals surface area (Å²) in [5, 5.41) is 10.5. The molecule has 0 bridgehead atoms. The molecule has 1 unspecified atom stereocenters. The molecule has 3 heteroatoms. The molecular formula is C19H22O2Te. The van der Waals surface area contributed by atoms with Crippen molar-refractivity contribution in [2.24, 2.45) is 0 Å². The molecule has 0 aliphatic rings. The third kappa shape index (κ3) is 5.85. The van der Waals surface area contributed by atoms with Gasteiger partial charge in [-0.3, -0.25) is 0 Å². The van der Waals surface area contributed by atoms with E-state index in [2.05, 4.69) is 36.4 Å². The quantitative estimate of drug-likeness (QED) is 0.536. The summed E-state index contributed by atoms with van der Waals surface area (Å²) in [6.45, 7) is 2.60. The Morgan fingerprint density at radius 1 is 1.09 bits per heavy atom. The van der Waals surface area contributed by atoms with Crippen molar-refractivity contribution in [2.45, 2.75) is 25.9 Å². The van der Waals surface area contributed by atoms with Gasteiger partial charge in [0.1, 0.15) is 0 Å². The first-order chi connectivity index (χ1) is 10.8. The number of aliphatic hydroxyl groups is 1. The zero-order chi connectivity index (χ0) is 15.6. The van der Waals surface area contributed by atoms with E-state index in [1.807, 2.05) is 31.2 Å². The Bertz CT molecular complexity index is 567. The van der Waals surface area contributed by atoms with Crippen LogP contribution in [-0.2, 0) is 11.2 Å². The summed E-state index contributed by atoms with van der Waals surface area (Å²) in [7, 11) is 0. The van der Waals surface area contributed by atoms with Gasteiger partial charge in [-0.05, 0) is 0 Å². The van der Waals surface area contributed by atoms with E-state index >= 15 is 0 Å². The molecule has 116 valence electrons. The van der Waals surface area contributed by atoms with E-state index in [0.29, 0.717) is 6.61 Å². The molecule has 2 nitrogen and oxygen atoms in total. The number of ether oxygens (including phenoxy) is 1. The molecule has 0 heterocycles. The molecule has 0 saturated heterocycles. The number of benzene rings is 2. The van der Waals surface area contributed by atoms with Crippen molar-refractivity contribution in [3.8, 4) is 0 Å². The zero-order valence-electron chi connectivity index (χ0n) is 12.8. The van der Waals surface area contributed by atoms with E-state index in [9.17, 15) is 5.11 Å². The number of hydrogen-bond donors (Lipinski definition) is 1. The van der Waals surface area contributed by atoms with Crippen molar-refractivity contribution in [3.05, 3.63) is 76.1 Å². The predicted molar refractivity (Wildman–Crippen MR) is 92.3 cm³/mol. The molecule has 22 heavy (non-hydrogen) atoms. The van der Waals surface area contributed by atoms with Crippen molar-refractivity contribution in [1.29, 1.82) is 0 Å². The van der Waals surface area contributed by atoms with Crippen molar-refractivity contribution in [2.75, 3.05) is 6.61 Å². The van der Waals surface area contributed by atoms with Crippen LogP contribution in [0.4, 0.5) is 0 Å². The first-order valence-corrected chi connectivity index (χ1v) is 9.89. The minimum atomic E-state index is -0.590. The van der Waals surface area contributed by atoms with Crippen LogP contribution in [0.5, 0.6) is 0 Å². The Morgan fingerprint density at radius 3 is 2.36 bits per heavy atom. The van der Waals surface area contributed by atoms with Crippen LogP contribution < -0.4 is 3.61 Å². The molecule has 1 N–H and O–H groups in total. The molecule has 0 radical (unpaired) electrons. The van der Waals surface area contributed by atoms with E-state index in [1.54, 1.807) is 6.26 Å². The fourth-order valence-electron chi connectivity index (χ4n) is 2.05. The molecule has 0 amide bonds. The fourth-order valence-corrected chi connectivity index (χ4v) is 4.72. The van der Waals surface area contributed by atoms with Crippen molar-refractivity contribution < 1.29 is 9.84 Å². The van der Waals surface area contributed by atoms with Crippen molar-refractivity contribution in [1.82, 2.24) is 0 Å². The molecule has 0 aromatic heterocycles. The van der Waals surface area contributed by atoms with Gasteiger partial charge in [-0.2, -0.15) is 0 Å². The summed E-state index contributed by atoms with van der Waals surface area (Å²) in [5.41, 5.74) is 1.26. The van der Waals surface area contributed by atoms with Gasteiger partial charge in [0.2, 0.25) is 0 Å². The maximum absolute atomic E-state index is 10.5. The van der Waals surface area contributed by atoms with Gasteiger partial charge in [0.15, 0.2) is 0 Å². The van der Waals surface area contributed by atoms with E-state index < -0.39 is 27.0 Å². The Morgan fingerprint density at radius 2 is 1.73 bits per heavy atom. The minimum absolute atomic E-state index is 0.422. The number of aryl methyl sites for hydroxylation is 1. The monoisotopic (exact) mass is 412 g/mol. The van der Waals surface area contributed by atoms with Gasteiger partial charge in [0.25, 0.3) is 0 Å². The van der Waals surface area contributed by atoms with Gasteiger partial charge in [0.05, 0.1) is 0 Å². The predicted octanol–water partition coefficient (Wildman–Crippen LogP) is 2.89. The van der Waals surface area contributed by atoms with Crippen LogP contribution in [0.1, 0.15) is 18.9 Å². The van der Waals surface area contributed by atoms with Crippen LogP contribution in [0, 0.1) is 0 Å². The molecule has 0 fully saturated rings. The molecule has 2 aromatic carbocycles. The average molecular weight is 410 g/mol. The molecule has 0 aliphatic heterocycles. The summed E-state index contributed by atoms with van der Waals surface area (Å²) in [6.07, 6.45) is 2.98. The van der Waals surface area contributed by atoms with Crippen molar-refractivity contribution >= 4 is 24.5 Å². The SMILES string of the molecule is CCO/C=C(\[Te]c1ccccc1)C(O)CCc1ccccc1. The summed E-state index contributed by atoms with van der Waals surface area (Å²) in [4.78, 5) is 0. The number of rotatable bonds is 8. The van der Waals surface area contributed by atoms with Crippen LogP contribution in [0.25, 0.3) is 0 Å². The van der Waals surface area contributed by atoms with Crippen LogP contribution in [-0.4, -0.2) is 38.7 Å². The molecule has 0 saturated carbocycles. The molecule has 1 atom stereocenters. The molecule has 0 spiro atoms. The van der Waals surface area contributed by atoms with E-state index in [1.165, 1.54) is 9.17 Å². The second-order valence-corrected chi connectivity index (χ2v) is 8.20. The normalized spacial score (nSPS) is 12.9. The van der Waals surface area contributed by atoms with Crippen LogP contribution in [0.2, 0.25) is 0 Å². The van der Waals surface area contributed by atoms with Gasteiger partial charge in [0, 0.05) is 0 Å². The zero-order valence-corrected chi connectivity index (χ0v) is 15.1. The Balaban J connectivity index is 1.98. The fraction of sp³-hybridized carbons (Fsp3) is 0.263. The third-order valence-corrected chi connectivity index (χ3v) is 6.40. The van der Waals surface area contributed by atoms with Crippen LogP contribution in [0.3, 0.4) is 0 Å². The van der Waals surface area contributed by atoms with Gasteiger partial charge in [-0.1, -0.05) is 0 Å². The van der Waals surface area contributed by atoms with Crippen LogP contribution >= 0.6 is 0 Å². The standard InChI is InChI=1S/C19H22O2Te/c1-2-21-15-19(22-17-11-7-4-8-12-17)18(20)14-13-16-9-5-3-6-10-16/h3-12,15,18,20H,2,13-14H2,1H3/b19-15-. The van der Waals surface area contributed by atoms with Gasteiger partial charge < -0.3 is 0 Å². The Labute approximate surface area is 142 Å². The second-order valence-electron chi connectivity index (χ2n) is 4.93. The topological polar surface area (TPSA) is 29.5 Å². The first kappa shape index (κ1) is 17.1. The molecule has 2 aromatic rings. The maximum atomic E-state index is 10.5. The molecule has 0 aliphatic carbocycles. The first-order valence-electron chi connectivity index (χ1n) is 7.56. The van der Waals surface area contributed by atoms with Gasteiger partial charge >= 0.3 is 143 Å². The average Bonchev–Trinajstić information content (AvgIpc) is 2.58. The summed E-state index contributed by atoms with van der Waals surface area (Å²) < 4.78 is 7.83. The Kier molecular flexibility index (Phi) is 7.52. The van der Waals surface area contributed by atoms with Gasteiger partial charge in [-0.25, -0.2) is 0 Å². The Hall–Kier alpha value is -1.27. The van der Waals surface area contributed by atoms with Gasteiger partial charge in [-0.15, -0.1) is 0 Å². The summed E-state index contributed by atoms with van der Waals surface area (Å²) in [6, 6.07) is 20.7. The van der Waals surface area contributed by atoms with Crippen LogP contribution in [0.15, 0.2) is 70.5 Å². The van der Waals surface area contributed by atoms with E-state index in [0.717, 1.165) is 16.5 Å².